The van der Waals surface area contributed by atoms with Crippen molar-refractivity contribution in [2.45, 2.75) is 83.6 Å². The average Bonchev–Trinajstić information content (AvgIpc) is 3.75. The number of unbranched alkanes of at least 4 members (excludes halogenated alkanes) is 2. The van der Waals surface area contributed by atoms with Crippen molar-refractivity contribution in [2.24, 2.45) is 0 Å². The SMILES string of the molecule is Cc1cc(CCC(=O)NC(CS(=O)(=O)[O-])C(=O)CCCCCC(=O)ON2C(=O)CCC2=O)n2c1C=C1C(CCC[N+](C)(C)C)=CC(c3ccccc3)=[N+]1[B-]2(F)F. The van der Waals surface area contributed by atoms with Crippen LogP contribution in [0.3, 0.4) is 0 Å². The van der Waals surface area contributed by atoms with Crippen LogP contribution in [0.1, 0.15) is 86.7 Å². The second kappa shape index (κ2) is 17.1. The molecule has 5 rings (SSSR count). The van der Waals surface area contributed by atoms with Crippen molar-refractivity contribution in [3.63, 3.8) is 0 Å². The van der Waals surface area contributed by atoms with E-state index in [2.05, 4.69) is 26.5 Å². The van der Waals surface area contributed by atoms with Gasteiger partial charge in [-0.15, -0.1) is 5.06 Å². The van der Waals surface area contributed by atoms with E-state index in [9.17, 15) is 36.9 Å². The smallest absolute Gasteiger partial charge is 0.737 e. The van der Waals surface area contributed by atoms with Gasteiger partial charge in [0, 0.05) is 67.5 Å². The number of quaternary nitrogens is 1. The lowest BCUT2D eigenvalue weighted by Crippen LogP contribution is -2.51. The first kappa shape index (κ1) is 42.3. The topological polar surface area (TPSA) is 175 Å². The maximum atomic E-state index is 17.0. The van der Waals surface area contributed by atoms with E-state index in [1.54, 1.807) is 43.3 Å². The average molecular weight is 800 g/mol. The highest BCUT2D eigenvalue weighted by Crippen LogP contribution is 2.39. The summed E-state index contributed by atoms with van der Waals surface area (Å²) in [5.74, 6) is -4.73. The zero-order chi connectivity index (χ0) is 41.0. The molecule has 302 valence electrons. The molecule has 1 atom stereocenters. The number of Topliss-reactive ketones (excluding diaryl/α,β-unsaturated/α-hetero) is 1. The van der Waals surface area contributed by atoms with Crippen molar-refractivity contribution >= 4 is 58.3 Å². The van der Waals surface area contributed by atoms with Crippen LogP contribution in [0.4, 0.5) is 8.63 Å². The molecule has 3 amide bonds. The molecule has 1 aromatic heterocycles. The first-order chi connectivity index (χ1) is 26.2. The number of carbonyl (C=O) groups excluding carboxylic acids is 5. The number of benzene rings is 1. The first-order valence-electron chi connectivity index (χ1n) is 18.8. The summed E-state index contributed by atoms with van der Waals surface area (Å²) in [6.45, 7) is -1.87. The molecule has 1 fully saturated rings. The van der Waals surface area contributed by atoms with Gasteiger partial charge in [0.2, 0.25) is 5.91 Å². The Morgan fingerprint density at radius 1 is 0.964 bits per heavy atom. The van der Waals surface area contributed by atoms with Crippen LogP contribution >= 0.6 is 0 Å². The molecule has 0 aliphatic carbocycles. The van der Waals surface area contributed by atoms with E-state index >= 15 is 8.63 Å². The van der Waals surface area contributed by atoms with Crippen LogP contribution in [-0.2, 0) is 45.3 Å². The van der Waals surface area contributed by atoms with Crippen LogP contribution in [0.15, 0.2) is 53.7 Å². The Balaban J connectivity index is 1.25. The van der Waals surface area contributed by atoms with Crippen LogP contribution in [0.2, 0.25) is 0 Å². The number of halogens is 2. The largest absolute Gasteiger partial charge is 0.748 e. The fourth-order valence-corrected chi connectivity index (χ4v) is 7.92. The molecule has 14 nitrogen and oxygen atoms in total. The molecule has 3 aliphatic rings. The zero-order valence-electron chi connectivity index (χ0n) is 32.1. The van der Waals surface area contributed by atoms with Gasteiger partial charge in [0.15, 0.2) is 17.2 Å². The van der Waals surface area contributed by atoms with Gasteiger partial charge in [-0.1, -0.05) is 24.6 Å². The van der Waals surface area contributed by atoms with Crippen molar-refractivity contribution in [1.29, 1.82) is 0 Å². The van der Waals surface area contributed by atoms with Crippen molar-refractivity contribution in [3.8, 4) is 0 Å². The summed E-state index contributed by atoms with van der Waals surface area (Å²) in [6.07, 6.45) is 4.68. The lowest BCUT2D eigenvalue weighted by molar-refractivity contribution is -0.870. The molecular weight excluding hydrogens is 751 g/mol. The Hall–Kier alpha value is -4.81. The highest BCUT2D eigenvalue weighted by molar-refractivity contribution is 7.85. The van der Waals surface area contributed by atoms with E-state index in [4.69, 9.17) is 4.84 Å². The van der Waals surface area contributed by atoms with Gasteiger partial charge in [0.05, 0.1) is 43.6 Å². The Kier molecular flexibility index (Phi) is 13.0. The van der Waals surface area contributed by atoms with E-state index < -0.39 is 58.4 Å². The number of fused-ring (bicyclic) bond motifs is 2. The number of allylic oxidation sites excluding steroid dienone is 2. The molecule has 4 heterocycles. The molecule has 2 aromatic rings. The number of rotatable bonds is 19. The number of nitrogens with one attached hydrogen (secondary N) is 1. The molecule has 1 aromatic carbocycles. The lowest BCUT2D eigenvalue weighted by Gasteiger charge is -2.32. The number of nitrogens with zero attached hydrogens (tertiary/aromatic N) is 4. The minimum absolute atomic E-state index is 0.0434. The molecule has 1 saturated heterocycles. The predicted molar refractivity (Wildman–Crippen MR) is 202 cm³/mol. The van der Waals surface area contributed by atoms with Crippen LogP contribution in [0, 0.1) is 6.92 Å². The van der Waals surface area contributed by atoms with Gasteiger partial charge >= 0.3 is 12.9 Å². The van der Waals surface area contributed by atoms with Crippen molar-refractivity contribution < 1.29 is 59.4 Å². The van der Waals surface area contributed by atoms with Gasteiger partial charge in [-0.25, -0.2) is 13.2 Å². The van der Waals surface area contributed by atoms with Gasteiger partial charge < -0.3 is 36.8 Å². The summed E-state index contributed by atoms with van der Waals surface area (Å²) in [7, 11) is 1.28. The number of aryl methyl sites for hydroxylation is 2. The predicted octanol–water partition coefficient (Wildman–Crippen LogP) is 3.39. The van der Waals surface area contributed by atoms with Crippen LogP contribution < -0.4 is 5.32 Å². The van der Waals surface area contributed by atoms with E-state index in [0.29, 0.717) is 46.1 Å². The number of hydroxylamine groups is 2. The summed E-state index contributed by atoms with van der Waals surface area (Å²) in [5, 5.41) is 2.76. The number of hydrogen-bond acceptors (Lipinski definition) is 9. The maximum Gasteiger partial charge on any atom is 0.737 e. The van der Waals surface area contributed by atoms with E-state index in [-0.39, 0.29) is 57.1 Å². The standard InChI is InChI=1S/C38H48BF2N5O9S/c1-26-22-29(43-31(26)24-33-28(14-11-21-46(2,3)4)23-32(44(33)39(43,40)41)27-12-7-5-8-13-27)17-18-35(48)42-30(25-56(52,53)54)34(47)15-9-6-10-16-38(51)55-45-36(49)19-20-37(45)50/h5,7-8,12-13,22-24,30H,6,9-11,14-21,25H2,1-4H3,(H-,42,48,52,53,54). The fourth-order valence-electron chi connectivity index (χ4n) is 7.24. The lowest BCUT2D eigenvalue weighted by atomic mass is 9.88. The Morgan fingerprint density at radius 2 is 1.62 bits per heavy atom. The minimum Gasteiger partial charge on any atom is -0.748 e. The van der Waals surface area contributed by atoms with E-state index in [1.807, 2.05) is 12.1 Å². The monoisotopic (exact) mass is 799 g/mol. The Morgan fingerprint density at radius 3 is 2.27 bits per heavy atom. The third-order valence-electron chi connectivity index (χ3n) is 9.96. The molecule has 0 radical (unpaired) electrons. The molecule has 0 spiro atoms. The van der Waals surface area contributed by atoms with E-state index in [1.165, 1.54) is 0 Å². The van der Waals surface area contributed by atoms with Gasteiger partial charge in [0.1, 0.15) is 6.04 Å². The second-order valence-electron chi connectivity index (χ2n) is 15.5. The van der Waals surface area contributed by atoms with Crippen molar-refractivity contribution in [1.82, 2.24) is 14.9 Å². The quantitative estimate of drug-likeness (QED) is 0.0735. The van der Waals surface area contributed by atoms with Crippen LogP contribution in [0.5, 0.6) is 0 Å². The number of ketones is 1. The molecule has 56 heavy (non-hydrogen) atoms. The third kappa shape index (κ3) is 10.3. The third-order valence-corrected chi connectivity index (χ3v) is 10.7. The van der Waals surface area contributed by atoms with Crippen molar-refractivity contribution in [2.75, 3.05) is 33.4 Å². The van der Waals surface area contributed by atoms with Crippen LogP contribution in [0.25, 0.3) is 6.08 Å². The highest BCUT2D eigenvalue weighted by atomic mass is 32.2. The van der Waals surface area contributed by atoms with Gasteiger partial charge in [0.25, 0.3) is 11.8 Å². The number of amides is 3. The maximum absolute atomic E-state index is 17.0. The minimum atomic E-state index is -4.95. The van der Waals surface area contributed by atoms with Gasteiger partial charge in [-0.3, -0.25) is 19.2 Å². The summed E-state index contributed by atoms with van der Waals surface area (Å²) < 4.78 is 71.7. The molecule has 0 saturated carbocycles. The summed E-state index contributed by atoms with van der Waals surface area (Å²) in [4.78, 5) is 66.2. The zero-order valence-corrected chi connectivity index (χ0v) is 32.9. The van der Waals surface area contributed by atoms with Gasteiger partial charge in [-0.05, 0) is 62.1 Å². The Labute approximate surface area is 325 Å². The molecule has 0 bridgehead atoms. The summed E-state index contributed by atoms with van der Waals surface area (Å²) in [6, 6.07) is 8.91. The molecule has 1 N–H and O–H groups in total. The van der Waals surface area contributed by atoms with Crippen molar-refractivity contribution in [3.05, 3.63) is 76.3 Å². The summed E-state index contributed by atoms with van der Waals surface area (Å²) in [5.41, 5.74) is 3.34. The Bertz CT molecular complexity index is 2090. The first-order valence-corrected chi connectivity index (χ1v) is 20.3. The molecule has 18 heteroatoms. The number of hydrogen-bond donors (Lipinski definition) is 1. The van der Waals surface area contributed by atoms with Gasteiger partial charge in [-0.2, -0.15) is 0 Å². The highest BCUT2D eigenvalue weighted by Gasteiger charge is 2.54. The number of aromatic nitrogens is 1. The fraction of sp³-hybridized carbons (Fsp3) is 0.474. The molecule has 1 unspecified atom stereocenters. The van der Waals surface area contributed by atoms with Crippen LogP contribution in [-0.4, -0.2) is 113 Å². The number of carbonyl (C=O) groups is 5. The second-order valence-corrected chi connectivity index (χ2v) is 17.0. The summed E-state index contributed by atoms with van der Waals surface area (Å²) >= 11 is 0. The molecule has 3 aliphatic heterocycles. The number of imide groups is 1. The molecular formula is C38H48BF2N5O9S. The van der Waals surface area contributed by atoms with E-state index in [0.717, 1.165) is 32.0 Å². The normalized spacial score (nSPS) is 17.0.